The summed E-state index contributed by atoms with van der Waals surface area (Å²) in [7, 11) is 1.64. The smallest absolute Gasteiger partial charge is 0.145 e. The molecule has 0 bridgehead atoms. The average Bonchev–Trinajstić information content (AvgIpc) is 2.10. The number of carbonyl (C=O) groups is 1. The summed E-state index contributed by atoms with van der Waals surface area (Å²) < 4.78 is 14.9. The van der Waals surface area contributed by atoms with E-state index in [2.05, 4.69) is 0 Å². The van der Waals surface area contributed by atoms with Crippen molar-refractivity contribution in [2.24, 2.45) is 0 Å². The quantitative estimate of drug-likeness (QED) is 0.373. The number of methoxy groups -OCH3 is 1. The summed E-state index contributed by atoms with van der Waals surface area (Å²) in [6.07, 6.45) is 1.56. The van der Waals surface area contributed by atoms with Crippen LogP contribution in [0, 0.1) is 0 Å². The second kappa shape index (κ2) is 10.6. The molecule has 0 aliphatic rings. The van der Waals surface area contributed by atoms with Gasteiger partial charge in [0.15, 0.2) is 0 Å². The molecule has 0 saturated carbocycles. The van der Waals surface area contributed by atoms with Gasteiger partial charge in [-0.25, -0.2) is 0 Å². The van der Waals surface area contributed by atoms with Gasteiger partial charge in [-0.15, -0.1) is 0 Å². The summed E-state index contributed by atoms with van der Waals surface area (Å²) in [5, 5.41) is 0. The third-order valence-corrected chi connectivity index (χ3v) is 1.20. The summed E-state index contributed by atoms with van der Waals surface area (Å²) in [4.78, 5) is 9.81. The van der Waals surface area contributed by atoms with Crippen molar-refractivity contribution in [1.82, 2.24) is 0 Å². The molecule has 0 saturated heterocycles. The van der Waals surface area contributed by atoms with Gasteiger partial charge in [-0.05, 0) is 6.42 Å². The highest BCUT2D eigenvalue weighted by Crippen LogP contribution is 1.84. The second-order valence-corrected chi connectivity index (χ2v) is 2.20. The van der Waals surface area contributed by atoms with Crippen LogP contribution in [-0.2, 0) is 19.0 Å². The number of hydrogen-bond acceptors (Lipinski definition) is 4. The Morgan fingerprint density at radius 1 is 1.08 bits per heavy atom. The molecule has 12 heavy (non-hydrogen) atoms. The SMILES string of the molecule is COCCOCCCOCC=O. The van der Waals surface area contributed by atoms with Crippen LogP contribution in [-0.4, -0.2) is 46.4 Å². The van der Waals surface area contributed by atoms with E-state index in [-0.39, 0.29) is 6.61 Å². The molecule has 0 aromatic rings. The highest BCUT2D eigenvalue weighted by Gasteiger charge is 1.89. The Kier molecular flexibility index (Phi) is 10.2. The number of hydrogen-bond donors (Lipinski definition) is 0. The monoisotopic (exact) mass is 176 g/mol. The van der Waals surface area contributed by atoms with E-state index in [0.717, 1.165) is 12.7 Å². The topological polar surface area (TPSA) is 44.8 Å². The van der Waals surface area contributed by atoms with Crippen LogP contribution in [0.2, 0.25) is 0 Å². The summed E-state index contributed by atoms with van der Waals surface area (Å²) >= 11 is 0. The maximum atomic E-state index is 9.81. The fraction of sp³-hybridized carbons (Fsp3) is 0.875. The van der Waals surface area contributed by atoms with E-state index in [1.807, 2.05) is 0 Å². The molecule has 72 valence electrons. The Balaban J connectivity index is 2.77. The van der Waals surface area contributed by atoms with Crippen molar-refractivity contribution >= 4 is 6.29 Å². The Morgan fingerprint density at radius 3 is 2.50 bits per heavy atom. The number of ether oxygens (including phenoxy) is 3. The zero-order chi connectivity index (χ0) is 9.07. The van der Waals surface area contributed by atoms with E-state index in [0.29, 0.717) is 26.4 Å². The van der Waals surface area contributed by atoms with Crippen LogP contribution in [0.25, 0.3) is 0 Å². The Hall–Kier alpha value is -0.450. The second-order valence-electron chi connectivity index (χ2n) is 2.20. The molecule has 0 aliphatic carbocycles. The van der Waals surface area contributed by atoms with E-state index in [9.17, 15) is 4.79 Å². The van der Waals surface area contributed by atoms with E-state index in [4.69, 9.17) is 14.2 Å². The zero-order valence-electron chi connectivity index (χ0n) is 7.45. The average molecular weight is 176 g/mol. The third kappa shape index (κ3) is 9.55. The molecule has 0 aromatic heterocycles. The molecule has 0 heterocycles. The number of carbonyl (C=O) groups excluding carboxylic acids is 1. The third-order valence-electron chi connectivity index (χ3n) is 1.20. The van der Waals surface area contributed by atoms with Gasteiger partial charge in [0.2, 0.25) is 0 Å². The van der Waals surface area contributed by atoms with Crippen LogP contribution < -0.4 is 0 Å². The van der Waals surface area contributed by atoms with Crippen molar-refractivity contribution in [2.45, 2.75) is 6.42 Å². The van der Waals surface area contributed by atoms with Gasteiger partial charge in [-0.3, -0.25) is 0 Å². The van der Waals surface area contributed by atoms with Crippen LogP contribution >= 0.6 is 0 Å². The first kappa shape index (κ1) is 11.6. The summed E-state index contributed by atoms with van der Waals surface area (Å²) in [5.74, 6) is 0. The molecule has 0 atom stereocenters. The normalized spacial score (nSPS) is 10.1. The lowest BCUT2D eigenvalue weighted by molar-refractivity contribution is -0.112. The van der Waals surface area contributed by atoms with Gasteiger partial charge in [0.1, 0.15) is 12.9 Å². The largest absolute Gasteiger partial charge is 0.382 e. The molecule has 0 unspecified atom stereocenters. The standard InChI is InChI=1S/C8H16O4/c1-10-7-8-12-5-2-4-11-6-3-9/h3H,2,4-8H2,1H3. The Labute approximate surface area is 72.8 Å². The van der Waals surface area contributed by atoms with Crippen molar-refractivity contribution in [1.29, 1.82) is 0 Å². The molecule has 4 nitrogen and oxygen atoms in total. The zero-order valence-corrected chi connectivity index (χ0v) is 7.45. The lowest BCUT2D eigenvalue weighted by Gasteiger charge is -2.02. The van der Waals surface area contributed by atoms with Gasteiger partial charge in [0, 0.05) is 20.3 Å². The van der Waals surface area contributed by atoms with Crippen LogP contribution in [0.5, 0.6) is 0 Å². The Bertz CT molecular complexity index is 95.1. The van der Waals surface area contributed by atoms with Crippen molar-refractivity contribution in [2.75, 3.05) is 40.1 Å². The molecular formula is C8H16O4. The van der Waals surface area contributed by atoms with E-state index in [1.165, 1.54) is 0 Å². The highest BCUT2D eigenvalue weighted by atomic mass is 16.5. The molecular weight excluding hydrogens is 160 g/mol. The Morgan fingerprint density at radius 2 is 1.83 bits per heavy atom. The van der Waals surface area contributed by atoms with Crippen LogP contribution in [0.3, 0.4) is 0 Å². The molecule has 0 aliphatic heterocycles. The molecule has 4 heteroatoms. The number of rotatable bonds is 9. The van der Waals surface area contributed by atoms with Crippen molar-refractivity contribution in [3.05, 3.63) is 0 Å². The van der Waals surface area contributed by atoms with E-state index < -0.39 is 0 Å². The molecule has 0 fully saturated rings. The fourth-order valence-electron chi connectivity index (χ4n) is 0.639. The van der Waals surface area contributed by atoms with Gasteiger partial charge in [0.05, 0.1) is 13.2 Å². The molecule has 0 rings (SSSR count). The molecule has 0 aromatic carbocycles. The van der Waals surface area contributed by atoms with Crippen molar-refractivity contribution in [3.8, 4) is 0 Å². The van der Waals surface area contributed by atoms with Crippen LogP contribution in [0.15, 0.2) is 0 Å². The summed E-state index contributed by atoms with van der Waals surface area (Å²) in [5.41, 5.74) is 0. The molecule has 0 N–H and O–H groups in total. The summed E-state index contributed by atoms with van der Waals surface area (Å²) in [6, 6.07) is 0. The molecule has 0 radical (unpaired) electrons. The molecule has 0 amide bonds. The van der Waals surface area contributed by atoms with Gasteiger partial charge in [0.25, 0.3) is 0 Å². The van der Waals surface area contributed by atoms with Gasteiger partial charge >= 0.3 is 0 Å². The minimum absolute atomic E-state index is 0.179. The maximum Gasteiger partial charge on any atom is 0.145 e. The first-order chi connectivity index (χ1) is 5.91. The molecule has 0 spiro atoms. The number of aldehydes is 1. The summed E-state index contributed by atoms with van der Waals surface area (Å²) in [6.45, 7) is 2.64. The van der Waals surface area contributed by atoms with E-state index >= 15 is 0 Å². The fourth-order valence-corrected chi connectivity index (χ4v) is 0.639. The first-order valence-corrected chi connectivity index (χ1v) is 4.00. The minimum Gasteiger partial charge on any atom is -0.382 e. The highest BCUT2D eigenvalue weighted by molar-refractivity contribution is 5.50. The van der Waals surface area contributed by atoms with Crippen molar-refractivity contribution < 1.29 is 19.0 Å². The van der Waals surface area contributed by atoms with Crippen LogP contribution in [0.1, 0.15) is 6.42 Å². The lowest BCUT2D eigenvalue weighted by atomic mass is 10.5. The maximum absolute atomic E-state index is 9.81. The minimum atomic E-state index is 0.179. The first-order valence-electron chi connectivity index (χ1n) is 4.00. The lowest BCUT2D eigenvalue weighted by Crippen LogP contribution is -2.06. The van der Waals surface area contributed by atoms with Crippen molar-refractivity contribution in [3.63, 3.8) is 0 Å². The van der Waals surface area contributed by atoms with Gasteiger partial charge in [-0.1, -0.05) is 0 Å². The van der Waals surface area contributed by atoms with Crippen LogP contribution in [0.4, 0.5) is 0 Å². The van der Waals surface area contributed by atoms with E-state index in [1.54, 1.807) is 7.11 Å². The predicted molar refractivity (Wildman–Crippen MR) is 44.2 cm³/mol. The van der Waals surface area contributed by atoms with Gasteiger partial charge in [-0.2, -0.15) is 0 Å². The van der Waals surface area contributed by atoms with Gasteiger partial charge < -0.3 is 19.0 Å². The predicted octanol–water partition coefficient (Wildman–Crippen LogP) is 0.255.